The Morgan fingerprint density at radius 1 is 1.10 bits per heavy atom. The Morgan fingerprint density at radius 2 is 1.87 bits per heavy atom. The van der Waals surface area contributed by atoms with Crippen LogP contribution in [0.5, 0.6) is 11.5 Å². The SMILES string of the molecule is COc1ccc(CN(c2cccc(F)n2)S(=O)(=O)c2ccc(C=O)c(Cl)c2)c(OC)c1. The van der Waals surface area contributed by atoms with E-state index in [0.717, 1.165) is 16.4 Å². The Labute approximate surface area is 184 Å². The Balaban J connectivity index is 2.13. The number of methoxy groups -OCH3 is 2. The van der Waals surface area contributed by atoms with Gasteiger partial charge in [-0.05, 0) is 42.5 Å². The average molecular weight is 465 g/mol. The van der Waals surface area contributed by atoms with Gasteiger partial charge in [-0.3, -0.25) is 4.79 Å². The van der Waals surface area contributed by atoms with E-state index >= 15 is 0 Å². The lowest BCUT2D eigenvalue weighted by Gasteiger charge is -2.24. The summed E-state index contributed by atoms with van der Waals surface area (Å²) in [4.78, 5) is 14.6. The van der Waals surface area contributed by atoms with Crippen LogP contribution in [0.1, 0.15) is 15.9 Å². The first-order chi connectivity index (χ1) is 14.8. The molecule has 0 bridgehead atoms. The van der Waals surface area contributed by atoms with Crippen LogP contribution in [-0.4, -0.2) is 33.9 Å². The highest BCUT2D eigenvalue weighted by Crippen LogP contribution is 2.31. The molecule has 3 aromatic rings. The molecule has 1 aromatic heterocycles. The fraction of sp³-hybridized carbons (Fsp3) is 0.143. The first-order valence-electron chi connectivity index (χ1n) is 8.91. The van der Waals surface area contributed by atoms with E-state index in [-0.39, 0.29) is 27.8 Å². The molecule has 0 N–H and O–H groups in total. The maximum absolute atomic E-state index is 13.8. The van der Waals surface area contributed by atoms with Crippen molar-refractivity contribution in [1.29, 1.82) is 0 Å². The van der Waals surface area contributed by atoms with Crippen LogP contribution in [0.3, 0.4) is 0 Å². The van der Waals surface area contributed by atoms with Gasteiger partial charge in [0.05, 0.1) is 30.7 Å². The predicted octanol–water partition coefficient (Wildman–Crippen LogP) is 4.10. The monoisotopic (exact) mass is 464 g/mol. The Morgan fingerprint density at radius 3 is 2.48 bits per heavy atom. The number of pyridine rings is 1. The topological polar surface area (TPSA) is 85.8 Å². The number of hydrogen-bond donors (Lipinski definition) is 0. The third kappa shape index (κ3) is 4.78. The molecular formula is C21H18ClFN2O5S. The van der Waals surface area contributed by atoms with Crippen LogP contribution in [-0.2, 0) is 16.6 Å². The average Bonchev–Trinajstić information content (AvgIpc) is 2.77. The molecule has 10 heteroatoms. The number of halogens is 2. The summed E-state index contributed by atoms with van der Waals surface area (Å²) in [6, 6.07) is 12.5. The zero-order chi connectivity index (χ0) is 22.6. The second-order valence-electron chi connectivity index (χ2n) is 6.31. The van der Waals surface area contributed by atoms with Crippen LogP contribution < -0.4 is 13.8 Å². The van der Waals surface area contributed by atoms with Crippen molar-refractivity contribution in [2.24, 2.45) is 0 Å². The van der Waals surface area contributed by atoms with Crippen molar-refractivity contribution in [1.82, 2.24) is 4.98 Å². The van der Waals surface area contributed by atoms with E-state index in [2.05, 4.69) is 4.98 Å². The minimum atomic E-state index is -4.24. The largest absolute Gasteiger partial charge is 0.497 e. The summed E-state index contributed by atoms with van der Waals surface area (Å²) in [5.74, 6) is -0.0670. The summed E-state index contributed by atoms with van der Waals surface area (Å²) in [6.45, 7) is -0.209. The van der Waals surface area contributed by atoms with Gasteiger partial charge >= 0.3 is 0 Å². The Hall–Kier alpha value is -3.17. The first kappa shape index (κ1) is 22.5. The van der Waals surface area contributed by atoms with Crippen molar-refractivity contribution in [2.75, 3.05) is 18.5 Å². The van der Waals surface area contributed by atoms with Crippen LogP contribution in [0.2, 0.25) is 5.02 Å². The molecule has 0 aliphatic carbocycles. The van der Waals surface area contributed by atoms with Gasteiger partial charge in [0.1, 0.15) is 17.3 Å². The number of hydrogen-bond acceptors (Lipinski definition) is 6. The normalized spacial score (nSPS) is 11.1. The van der Waals surface area contributed by atoms with Gasteiger partial charge in [-0.2, -0.15) is 4.39 Å². The molecule has 31 heavy (non-hydrogen) atoms. The standard InChI is InChI=1S/C21H18ClFN2O5S/c1-29-16-8-6-14(19(10-16)30-2)12-25(21-5-3-4-20(23)24-21)31(27,28)17-9-7-15(13-26)18(22)11-17/h3-11,13H,12H2,1-2H3. The molecule has 0 saturated heterocycles. The van der Waals surface area contributed by atoms with E-state index in [1.807, 2.05) is 0 Å². The zero-order valence-electron chi connectivity index (χ0n) is 16.6. The molecule has 0 atom stereocenters. The lowest BCUT2D eigenvalue weighted by molar-refractivity contribution is 0.112. The molecule has 0 spiro atoms. The quantitative estimate of drug-likeness (QED) is 0.368. The second-order valence-corrected chi connectivity index (χ2v) is 8.58. The molecule has 1 heterocycles. The van der Waals surface area contributed by atoms with Crippen molar-refractivity contribution in [3.63, 3.8) is 0 Å². The molecule has 162 valence electrons. The fourth-order valence-electron chi connectivity index (χ4n) is 2.85. The Kier molecular flexibility index (Phi) is 6.77. The molecule has 0 amide bonds. The van der Waals surface area contributed by atoms with E-state index in [1.165, 1.54) is 38.5 Å². The molecule has 3 rings (SSSR count). The van der Waals surface area contributed by atoms with Gasteiger partial charge in [0.25, 0.3) is 10.0 Å². The maximum atomic E-state index is 13.8. The van der Waals surface area contributed by atoms with Gasteiger partial charge in [0, 0.05) is 17.2 Å². The maximum Gasteiger partial charge on any atom is 0.265 e. The minimum absolute atomic E-state index is 0.0229. The molecule has 0 unspecified atom stereocenters. The summed E-state index contributed by atoms with van der Waals surface area (Å²) < 4.78 is 52.2. The third-order valence-electron chi connectivity index (χ3n) is 4.45. The second kappa shape index (κ2) is 9.32. The van der Waals surface area contributed by atoms with Gasteiger partial charge in [-0.15, -0.1) is 0 Å². The fourth-order valence-corrected chi connectivity index (χ4v) is 4.56. The smallest absolute Gasteiger partial charge is 0.265 e. The number of carbonyl (C=O) groups excluding carboxylic acids is 1. The van der Waals surface area contributed by atoms with Gasteiger partial charge in [-0.25, -0.2) is 17.7 Å². The van der Waals surface area contributed by atoms with Crippen molar-refractivity contribution >= 4 is 33.7 Å². The summed E-state index contributed by atoms with van der Waals surface area (Å²) in [5.41, 5.74) is 0.640. The predicted molar refractivity (Wildman–Crippen MR) is 114 cm³/mol. The zero-order valence-corrected chi connectivity index (χ0v) is 18.2. The summed E-state index contributed by atoms with van der Waals surface area (Å²) >= 11 is 6.03. The number of aldehydes is 1. The highest BCUT2D eigenvalue weighted by atomic mass is 35.5. The molecule has 0 saturated carbocycles. The highest BCUT2D eigenvalue weighted by Gasteiger charge is 2.28. The molecule has 0 aliphatic rings. The number of nitrogens with zero attached hydrogens (tertiary/aromatic N) is 2. The van der Waals surface area contributed by atoms with Crippen LogP contribution >= 0.6 is 11.6 Å². The van der Waals surface area contributed by atoms with Crippen molar-refractivity contribution in [3.8, 4) is 11.5 Å². The third-order valence-corrected chi connectivity index (χ3v) is 6.52. The first-order valence-corrected chi connectivity index (χ1v) is 10.7. The van der Waals surface area contributed by atoms with E-state index in [4.69, 9.17) is 21.1 Å². The number of aromatic nitrogens is 1. The van der Waals surface area contributed by atoms with Crippen molar-refractivity contribution < 1.29 is 27.1 Å². The van der Waals surface area contributed by atoms with Crippen LogP contribution in [0.15, 0.2) is 59.5 Å². The van der Waals surface area contributed by atoms with E-state index < -0.39 is 16.0 Å². The molecule has 2 aromatic carbocycles. The Bertz CT molecular complexity index is 1220. The number of anilines is 1. The van der Waals surface area contributed by atoms with Gasteiger partial charge in [-0.1, -0.05) is 17.7 Å². The summed E-state index contributed by atoms with van der Waals surface area (Å²) in [6.07, 6.45) is 0.521. The number of ether oxygens (including phenoxy) is 2. The van der Waals surface area contributed by atoms with Crippen molar-refractivity contribution in [3.05, 3.63) is 76.7 Å². The molecular weight excluding hydrogens is 447 g/mol. The number of sulfonamides is 1. The summed E-state index contributed by atoms with van der Waals surface area (Å²) in [5, 5.41) is -0.0229. The summed E-state index contributed by atoms with van der Waals surface area (Å²) in [7, 11) is -1.31. The lowest BCUT2D eigenvalue weighted by atomic mass is 10.2. The van der Waals surface area contributed by atoms with Gasteiger partial charge in [0.2, 0.25) is 5.95 Å². The minimum Gasteiger partial charge on any atom is -0.497 e. The molecule has 0 radical (unpaired) electrons. The lowest BCUT2D eigenvalue weighted by Crippen LogP contribution is -2.31. The van der Waals surface area contributed by atoms with Crippen LogP contribution in [0, 0.1) is 5.95 Å². The number of rotatable bonds is 8. The van der Waals surface area contributed by atoms with Crippen LogP contribution in [0.4, 0.5) is 10.2 Å². The highest BCUT2D eigenvalue weighted by molar-refractivity contribution is 7.92. The van der Waals surface area contributed by atoms with Crippen LogP contribution in [0.25, 0.3) is 0 Å². The molecule has 0 fully saturated rings. The molecule has 0 aliphatic heterocycles. The number of benzene rings is 2. The van der Waals surface area contributed by atoms with Gasteiger partial charge < -0.3 is 9.47 Å². The van der Waals surface area contributed by atoms with Gasteiger partial charge in [0.15, 0.2) is 6.29 Å². The van der Waals surface area contributed by atoms with E-state index in [9.17, 15) is 17.6 Å². The van der Waals surface area contributed by atoms with E-state index in [1.54, 1.807) is 18.2 Å². The van der Waals surface area contributed by atoms with E-state index in [0.29, 0.717) is 23.3 Å². The molecule has 7 nitrogen and oxygen atoms in total. The van der Waals surface area contributed by atoms with Crippen molar-refractivity contribution in [2.45, 2.75) is 11.4 Å². The number of carbonyl (C=O) groups is 1.